The van der Waals surface area contributed by atoms with Crippen molar-refractivity contribution in [1.29, 1.82) is 0 Å². The van der Waals surface area contributed by atoms with Crippen LogP contribution in [0.15, 0.2) is 30.3 Å². The number of aliphatic hydroxyl groups excluding tert-OH is 1. The maximum atomic E-state index is 10.8. The number of nitrogens with zero attached hydrogens (tertiary/aromatic N) is 1. The van der Waals surface area contributed by atoms with E-state index in [4.69, 9.17) is 9.47 Å². The second kappa shape index (κ2) is 10.4. The summed E-state index contributed by atoms with van der Waals surface area (Å²) < 4.78 is 12.7. The van der Waals surface area contributed by atoms with Gasteiger partial charge in [-0.05, 0) is 30.6 Å². The van der Waals surface area contributed by atoms with Gasteiger partial charge in [-0.15, -0.1) is 0 Å². The molecule has 1 saturated heterocycles. The first kappa shape index (κ1) is 23.6. The van der Waals surface area contributed by atoms with Crippen molar-refractivity contribution in [2.24, 2.45) is 11.3 Å². The minimum atomic E-state index is -0.424. The quantitative estimate of drug-likeness (QED) is 0.669. The molecule has 28 heavy (non-hydrogen) atoms. The van der Waals surface area contributed by atoms with Crippen LogP contribution in [0.2, 0.25) is 0 Å². The van der Waals surface area contributed by atoms with E-state index >= 15 is 0 Å². The van der Waals surface area contributed by atoms with Gasteiger partial charge in [0.2, 0.25) is 0 Å². The molecular formula is C23H38ClNO3. The van der Waals surface area contributed by atoms with Crippen LogP contribution in [-0.4, -0.2) is 61.3 Å². The van der Waals surface area contributed by atoms with E-state index in [0.717, 1.165) is 56.7 Å². The van der Waals surface area contributed by atoms with Gasteiger partial charge in [0.15, 0.2) is 0 Å². The van der Waals surface area contributed by atoms with Crippen LogP contribution >= 0.6 is 0 Å². The Hall–Kier alpha value is -0.650. The van der Waals surface area contributed by atoms with Crippen molar-refractivity contribution in [3.8, 4) is 0 Å². The van der Waals surface area contributed by atoms with Crippen molar-refractivity contribution in [2.75, 3.05) is 39.5 Å². The first-order valence-corrected chi connectivity index (χ1v) is 10.6. The van der Waals surface area contributed by atoms with Crippen LogP contribution in [0.3, 0.4) is 0 Å². The lowest BCUT2D eigenvalue weighted by Crippen LogP contribution is -3.00. The largest absolute Gasteiger partial charge is 1.00 e. The molecule has 1 N–H and O–H groups in total. The van der Waals surface area contributed by atoms with Crippen molar-refractivity contribution < 1.29 is 31.5 Å². The summed E-state index contributed by atoms with van der Waals surface area (Å²) in [6.45, 7) is 12.6. The van der Waals surface area contributed by atoms with E-state index in [0.29, 0.717) is 17.9 Å². The molecule has 0 aromatic heterocycles. The monoisotopic (exact) mass is 411 g/mol. The molecule has 0 spiro atoms. The Morgan fingerprint density at radius 1 is 1.18 bits per heavy atom. The molecular weight excluding hydrogens is 374 g/mol. The van der Waals surface area contributed by atoms with Crippen molar-refractivity contribution in [1.82, 2.24) is 0 Å². The third-order valence-corrected chi connectivity index (χ3v) is 6.25. The van der Waals surface area contributed by atoms with E-state index in [2.05, 4.69) is 51.1 Å². The van der Waals surface area contributed by atoms with Crippen molar-refractivity contribution in [3.63, 3.8) is 0 Å². The second-order valence-electron chi connectivity index (χ2n) is 9.75. The second-order valence-corrected chi connectivity index (χ2v) is 9.75. The Labute approximate surface area is 177 Å². The van der Waals surface area contributed by atoms with Crippen LogP contribution in [0.25, 0.3) is 0 Å². The normalized spacial score (nSPS) is 27.6. The zero-order valence-corrected chi connectivity index (χ0v) is 18.5. The van der Waals surface area contributed by atoms with Crippen molar-refractivity contribution in [3.05, 3.63) is 35.9 Å². The third-order valence-electron chi connectivity index (χ3n) is 6.25. The van der Waals surface area contributed by atoms with E-state index in [-0.39, 0.29) is 18.5 Å². The predicted molar refractivity (Wildman–Crippen MR) is 108 cm³/mol. The Bertz CT molecular complexity index is 574. The average molecular weight is 412 g/mol. The highest BCUT2D eigenvalue weighted by Gasteiger charge is 2.35. The molecule has 2 fully saturated rings. The molecule has 1 aromatic rings. The molecule has 160 valence electrons. The zero-order valence-electron chi connectivity index (χ0n) is 17.8. The lowest BCUT2D eigenvalue weighted by Gasteiger charge is -2.43. The topological polar surface area (TPSA) is 38.7 Å². The van der Waals surface area contributed by atoms with Crippen LogP contribution in [0, 0.1) is 11.3 Å². The smallest absolute Gasteiger partial charge is 0.126 e. The molecule has 4 nitrogen and oxygen atoms in total. The van der Waals surface area contributed by atoms with E-state index in [1.54, 1.807) is 0 Å². The molecule has 0 radical (unpaired) electrons. The molecule has 2 aliphatic rings. The van der Waals surface area contributed by atoms with Gasteiger partial charge in [-0.25, -0.2) is 0 Å². The molecule has 0 bridgehead atoms. The Balaban J connectivity index is 0.00000280. The lowest BCUT2D eigenvalue weighted by molar-refractivity contribution is -0.950. The number of morpholine rings is 1. The number of aliphatic hydroxyl groups is 1. The summed E-state index contributed by atoms with van der Waals surface area (Å²) in [4.78, 5) is 0. The summed E-state index contributed by atoms with van der Waals surface area (Å²) in [5.74, 6) is 0.701. The molecule has 1 aliphatic heterocycles. The SMILES string of the molecule is CC1CC(OCC(O)C[N+]2(Cc3ccccc3)CCOCC2)CC(C)(C)C1.[Cl-]. The number of hydrogen-bond donors (Lipinski definition) is 1. The molecule has 0 amide bonds. The summed E-state index contributed by atoms with van der Waals surface area (Å²) in [7, 11) is 0. The van der Waals surface area contributed by atoms with Gasteiger partial charge in [0.05, 0.1) is 25.9 Å². The van der Waals surface area contributed by atoms with Gasteiger partial charge < -0.3 is 31.5 Å². The van der Waals surface area contributed by atoms with Crippen molar-refractivity contribution in [2.45, 2.75) is 58.8 Å². The van der Waals surface area contributed by atoms with E-state index in [1.165, 1.54) is 12.0 Å². The van der Waals surface area contributed by atoms with Crippen LogP contribution in [-0.2, 0) is 16.0 Å². The summed E-state index contributed by atoms with van der Waals surface area (Å²) in [6.07, 6.45) is 3.35. The summed E-state index contributed by atoms with van der Waals surface area (Å²) >= 11 is 0. The Morgan fingerprint density at radius 3 is 2.50 bits per heavy atom. The van der Waals surface area contributed by atoms with Crippen LogP contribution in [0.1, 0.15) is 45.6 Å². The number of quaternary nitrogens is 1. The number of halogens is 1. The Morgan fingerprint density at radius 2 is 1.86 bits per heavy atom. The summed E-state index contributed by atoms with van der Waals surface area (Å²) in [6, 6.07) is 10.6. The van der Waals surface area contributed by atoms with Gasteiger partial charge in [-0.2, -0.15) is 0 Å². The molecule has 1 heterocycles. The minimum absolute atomic E-state index is 0. The molecule has 3 atom stereocenters. The van der Waals surface area contributed by atoms with E-state index < -0.39 is 6.10 Å². The third kappa shape index (κ3) is 7.00. The van der Waals surface area contributed by atoms with Crippen LogP contribution in [0.4, 0.5) is 0 Å². The number of benzene rings is 1. The van der Waals surface area contributed by atoms with Gasteiger partial charge in [0.1, 0.15) is 32.3 Å². The lowest BCUT2D eigenvalue weighted by atomic mass is 9.71. The van der Waals surface area contributed by atoms with Gasteiger partial charge in [-0.3, -0.25) is 0 Å². The molecule has 1 aliphatic carbocycles. The molecule has 1 saturated carbocycles. The molecule has 3 unspecified atom stereocenters. The predicted octanol–water partition coefficient (Wildman–Crippen LogP) is 0.630. The molecule has 1 aromatic carbocycles. The number of rotatable bonds is 7. The molecule has 5 heteroatoms. The van der Waals surface area contributed by atoms with Gasteiger partial charge in [0, 0.05) is 5.56 Å². The van der Waals surface area contributed by atoms with Crippen LogP contribution in [0.5, 0.6) is 0 Å². The van der Waals surface area contributed by atoms with Gasteiger partial charge in [0.25, 0.3) is 0 Å². The number of hydrogen-bond acceptors (Lipinski definition) is 3. The molecule has 3 rings (SSSR count). The minimum Gasteiger partial charge on any atom is -1.00 e. The highest BCUT2D eigenvalue weighted by atomic mass is 35.5. The highest BCUT2D eigenvalue weighted by Crippen LogP contribution is 2.39. The summed E-state index contributed by atoms with van der Waals surface area (Å²) in [5.41, 5.74) is 1.67. The van der Waals surface area contributed by atoms with Gasteiger partial charge in [-0.1, -0.05) is 51.1 Å². The van der Waals surface area contributed by atoms with Crippen molar-refractivity contribution >= 4 is 0 Å². The van der Waals surface area contributed by atoms with E-state index in [9.17, 15) is 5.11 Å². The fourth-order valence-corrected chi connectivity index (χ4v) is 5.24. The zero-order chi connectivity index (χ0) is 19.3. The number of ether oxygens (including phenoxy) is 2. The first-order chi connectivity index (χ1) is 12.9. The van der Waals surface area contributed by atoms with Gasteiger partial charge >= 0.3 is 0 Å². The maximum absolute atomic E-state index is 10.8. The first-order valence-electron chi connectivity index (χ1n) is 10.6. The summed E-state index contributed by atoms with van der Waals surface area (Å²) in [5, 5.41) is 10.8. The van der Waals surface area contributed by atoms with E-state index in [1.807, 2.05) is 0 Å². The maximum Gasteiger partial charge on any atom is 0.126 e. The highest BCUT2D eigenvalue weighted by molar-refractivity contribution is 5.13. The standard InChI is InChI=1S/C23H38NO3.ClH/c1-19-13-22(15-23(2,3)14-19)27-18-21(25)17-24(9-11-26-12-10-24)16-20-7-5-4-6-8-20;/h4-8,19,21-22,25H,9-18H2,1-3H3;1H/q+1;/p-1. The average Bonchev–Trinajstić information content (AvgIpc) is 2.60. The fraction of sp³-hybridized carbons (Fsp3) is 0.739. The Kier molecular flexibility index (Phi) is 8.78. The fourth-order valence-electron chi connectivity index (χ4n) is 5.24. The van der Waals surface area contributed by atoms with Crippen LogP contribution < -0.4 is 12.4 Å².